The maximum Gasteiger partial charge on any atom is 0.270 e. The molecule has 0 N–H and O–H groups in total. The molecule has 0 amide bonds. The van der Waals surface area contributed by atoms with Crippen LogP contribution in [0.1, 0.15) is 25.0 Å². The van der Waals surface area contributed by atoms with Crippen molar-refractivity contribution in [3.63, 3.8) is 0 Å². The first kappa shape index (κ1) is 14.6. The Morgan fingerprint density at radius 2 is 1.59 bits per heavy atom. The molecule has 7 heteroatoms. The Hall–Kier alpha value is -2.28. The molecule has 2 aromatic rings. The van der Waals surface area contributed by atoms with E-state index in [2.05, 4.69) is 0 Å². The summed E-state index contributed by atoms with van der Waals surface area (Å²) >= 11 is 0. The number of halogens is 1. The number of benzene rings is 2. The van der Waals surface area contributed by atoms with E-state index in [1.54, 1.807) is 0 Å². The van der Waals surface area contributed by atoms with Crippen molar-refractivity contribution in [3.8, 4) is 0 Å². The highest BCUT2D eigenvalue weighted by atomic mass is 32.2. The SMILES string of the molecule is CC1(C)c2ccc(F)cc2S(=O)(=O)c2cc([N+](=O)[O-])ccc21. The topological polar surface area (TPSA) is 77.3 Å². The van der Waals surface area contributed by atoms with Gasteiger partial charge in [-0.05, 0) is 23.3 Å². The molecule has 1 heterocycles. The van der Waals surface area contributed by atoms with Crippen LogP contribution in [-0.4, -0.2) is 13.3 Å². The van der Waals surface area contributed by atoms with Gasteiger partial charge in [-0.3, -0.25) is 10.1 Å². The van der Waals surface area contributed by atoms with Gasteiger partial charge in [0.05, 0.1) is 14.7 Å². The Morgan fingerprint density at radius 1 is 1.05 bits per heavy atom. The summed E-state index contributed by atoms with van der Waals surface area (Å²) in [5.74, 6) is -0.660. The quantitative estimate of drug-likeness (QED) is 0.597. The number of nitrogens with zero attached hydrogens (tertiary/aromatic N) is 1. The summed E-state index contributed by atoms with van der Waals surface area (Å²) in [4.78, 5) is 9.99. The highest BCUT2D eigenvalue weighted by molar-refractivity contribution is 7.91. The number of rotatable bonds is 1. The summed E-state index contributed by atoms with van der Waals surface area (Å²) in [6.45, 7) is 3.62. The number of sulfone groups is 1. The molecule has 1 aliphatic rings. The molecule has 114 valence electrons. The maximum atomic E-state index is 13.5. The molecule has 0 spiro atoms. The normalized spacial score (nSPS) is 17.4. The minimum atomic E-state index is -4.00. The van der Waals surface area contributed by atoms with E-state index in [0.717, 1.165) is 12.1 Å². The molecule has 0 unspecified atom stereocenters. The van der Waals surface area contributed by atoms with Gasteiger partial charge in [0.2, 0.25) is 9.84 Å². The van der Waals surface area contributed by atoms with Crippen LogP contribution in [0.3, 0.4) is 0 Å². The minimum Gasteiger partial charge on any atom is -0.258 e. The van der Waals surface area contributed by atoms with Crippen molar-refractivity contribution in [2.75, 3.05) is 0 Å². The van der Waals surface area contributed by atoms with Gasteiger partial charge in [-0.25, -0.2) is 12.8 Å². The molecule has 0 aromatic heterocycles. The van der Waals surface area contributed by atoms with Crippen LogP contribution >= 0.6 is 0 Å². The fourth-order valence-electron chi connectivity index (χ4n) is 2.86. The highest BCUT2D eigenvalue weighted by Crippen LogP contribution is 2.46. The van der Waals surface area contributed by atoms with Crippen molar-refractivity contribution in [2.45, 2.75) is 29.1 Å². The molecule has 5 nitrogen and oxygen atoms in total. The zero-order valence-electron chi connectivity index (χ0n) is 11.8. The van der Waals surface area contributed by atoms with E-state index in [9.17, 15) is 22.9 Å². The zero-order chi connectivity index (χ0) is 16.3. The van der Waals surface area contributed by atoms with Gasteiger partial charge >= 0.3 is 0 Å². The van der Waals surface area contributed by atoms with Crippen LogP contribution in [0.25, 0.3) is 0 Å². The molecule has 3 rings (SSSR count). The third-order valence-corrected chi connectivity index (χ3v) is 5.88. The van der Waals surface area contributed by atoms with E-state index in [1.807, 2.05) is 13.8 Å². The highest BCUT2D eigenvalue weighted by Gasteiger charge is 2.41. The molecular formula is C15H12FNO4S. The molecule has 0 atom stereocenters. The largest absolute Gasteiger partial charge is 0.270 e. The lowest BCUT2D eigenvalue weighted by atomic mass is 9.77. The van der Waals surface area contributed by atoms with E-state index in [-0.39, 0.29) is 15.5 Å². The second-order valence-corrected chi connectivity index (χ2v) is 7.59. The summed E-state index contributed by atoms with van der Waals surface area (Å²) in [5.41, 5.74) is -0.0517. The first-order valence-electron chi connectivity index (χ1n) is 6.50. The average molecular weight is 321 g/mol. The van der Waals surface area contributed by atoms with E-state index < -0.39 is 26.0 Å². The first-order valence-corrected chi connectivity index (χ1v) is 7.98. The Morgan fingerprint density at radius 3 is 2.18 bits per heavy atom. The van der Waals surface area contributed by atoms with E-state index in [0.29, 0.717) is 11.1 Å². The number of hydrogen-bond acceptors (Lipinski definition) is 4. The molecule has 22 heavy (non-hydrogen) atoms. The lowest BCUT2D eigenvalue weighted by Crippen LogP contribution is -2.30. The van der Waals surface area contributed by atoms with Crippen LogP contribution in [0.2, 0.25) is 0 Å². The van der Waals surface area contributed by atoms with Gasteiger partial charge in [-0.1, -0.05) is 26.0 Å². The minimum absolute atomic E-state index is 0.134. The first-order chi connectivity index (χ1) is 10.2. The molecule has 0 saturated heterocycles. The number of fused-ring (bicyclic) bond motifs is 2. The lowest BCUT2D eigenvalue weighted by Gasteiger charge is -2.34. The standard InChI is InChI=1S/C15H12FNO4S/c1-15(2)11-5-3-9(16)7-13(11)22(20,21)14-8-10(17(18)19)4-6-12(14)15/h3-8H,1-2H3. The van der Waals surface area contributed by atoms with Crippen molar-refractivity contribution in [2.24, 2.45) is 0 Å². The van der Waals surface area contributed by atoms with Crippen LogP contribution < -0.4 is 0 Å². The molecular weight excluding hydrogens is 309 g/mol. The van der Waals surface area contributed by atoms with Crippen LogP contribution in [0.4, 0.5) is 10.1 Å². The fourth-order valence-corrected chi connectivity index (χ4v) is 4.87. The molecule has 0 aliphatic carbocycles. The monoisotopic (exact) mass is 321 g/mol. The van der Waals surface area contributed by atoms with Crippen molar-refractivity contribution in [1.82, 2.24) is 0 Å². The van der Waals surface area contributed by atoms with Crippen molar-refractivity contribution in [3.05, 3.63) is 63.5 Å². The number of nitro benzene ring substituents is 1. The summed E-state index contributed by atoms with van der Waals surface area (Å²) in [6, 6.07) is 7.41. The molecule has 1 aliphatic heterocycles. The summed E-state index contributed by atoms with van der Waals surface area (Å²) < 4.78 is 38.9. The molecule has 0 radical (unpaired) electrons. The Labute approximate surface area is 126 Å². The van der Waals surface area contributed by atoms with Crippen molar-refractivity contribution in [1.29, 1.82) is 0 Å². The van der Waals surface area contributed by atoms with Gasteiger partial charge in [-0.2, -0.15) is 0 Å². The van der Waals surface area contributed by atoms with Gasteiger partial charge in [0, 0.05) is 17.5 Å². The number of nitro groups is 1. The van der Waals surface area contributed by atoms with E-state index in [4.69, 9.17) is 0 Å². The third kappa shape index (κ3) is 1.85. The average Bonchev–Trinajstić information content (AvgIpc) is 2.45. The second-order valence-electron chi connectivity index (χ2n) is 5.71. The van der Waals surface area contributed by atoms with Gasteiger partial charge in [0.1, 0.15) is 5.82 Å². The Bertz CT molecular complexity index is 919. The number of non-ortho nitro benzene ring substituents is 1. The smallest absolute Gasteiger partial charge is 0.258 e. The third-order valence-electron chi connectivity index (χ3n) is 4.05. The lowest BCUT2D eigenvalue weighted by molar-refractivity contribution is -0.385. The van der Waals surface area contributed by atoms with Crippen LogP contribution in [0.5, 0.6) is 0 Å². The van der Waals surface area contributed by atoms with Crippen LogP contribution in [0, 0.1) is 15.9 Å². The number of hydrogen-bond donors (Lipinski definition) is 0. The van der Waals surface area contributed by atoms with E-state index >= 15 is 0 Å². The summed E-state index contributed by atoms with van der Waals surface area (Å²) in [5, 5.41) is 10.9. The zero-order valence-corrected chi connectivity index (χ0v) is 12.6. The molecule has 0 saturated carbocycles. The maximum absolute atomic E-state index is 13.5. The molecule has 0 fully saturated rings. The van der Waals surface area contributed by atoms with Crippen molar-refractivity contribution < 1.29 is 17.7 Å². The van der Waals surface area contributed by atoms with Crippen LogP contribution in [0.15, 0.2) is 46.2 Å². The molecule has 2 aromatic carbocycles. The fraction of sp³-hybridized carbons (Fsp3) is 0.200. The predicted octanol–water partition coefficient (Wildman–Crippen LogP) is 3.21. The van der Waals surface area contributed by atoms with E-state index in [1.165, 1.54) is 24.3 Å². The molecule has 0 bridgehead atoms. The van der Waals surface area contributed by atoms with Crippen molar-refractivity contribution >= 4 is 15.5 Å². The summed E-state index contributed by atoms with van der Waals surface area (Å²) in [7, 11) is -4.00. The predicted molar refractivity (Wildman–Crippen MR) is 77.1 cm³/mol. The van der Waals surface area contributed by atoms with Gasteiger partial charge in [0.15, 0.2) is 0 Å². The Balaban J connectivity index is 2.42. The van der Waals surface area contributed by atoms with Gasteiger partial charge in [0.25, 0.3) is 5.69 Å². The Kier molecular flexibility index (Phi) is 2.90. The van der Waals surface area contributed by atoms with Gasteiger partial charge in [-0.15, -0.1) is 0 Å². The van der Waals surface area contributed by atoms with Crippen LogP contribution in [-0.2, 0) is 15.3 Å². The second kappa shape index (κ2) is 4.36. The summed E-state index contributed by atoms with van der Waals surface area (Å²) in [6.07, 6.45) is 0. The van der Waals surface area contributed by atoms with Gasteiger partial charge < -0.3 is 0 Å².